The molecule has 1 aromatic rings. The Morgan fingerprint density at radius 1 is 1.57 bits per heavy atom. The molecule has 4 heteroatoms. The van der Waals surface area contributed by atoms with Crippen LogP contribution >= 0.6 is 15.9 Å². The molecule has 0 fully saturated rings. The average molecular weight is 258 g/mol. The van der Waals surface area contributed by atoms with E-state index in [0.717, 1.165) is 15.9 Å². The van der Waals surface area contributed by atoms with Gasteiger partial charge in [0, 0.05) is 18.3 Å². The summed E-state index contributed by atoms with van der Waals surface area (Å²) in [5, 5.41) is 3.20. The summed E-state index contributed by atoms with van der Waals surface area (Å²) in [6, 6.07) is 2.03. The summed E-state index contributed by atoms with van der Waals surface area (Å²) in [5.41, 5.74) is 6.76. The number of nitrogens with two attached hydrogens (primary N) is 1. The fraction of sp³-hybridized carbons (Fsp3) is 0.500. The SMILES string of the molecule is Cc1cnc(NCC(C)(C)N)c(Br)c1. The van der Waals surface area contributed by atoms with Gasteiger partial charge in [-0.25, -0.2) is 4.98 Å². The average Bonchev–Trinajstić information content (AvgIpc) is 2.00. The zero-order valence-electron chi connectivity index (χ0n) is 8.76. The molecule has 0 saturated heterocycles. The lowest BCUT2D eigenvalue weighted by Gasteiger charge is -2.19. The van der Waals surface area contributed by atoms with Crippen molar-refractivity contribution in [2.45, 2.75) is 26.3 Å². The number of pyridine rings is 1. The molecule has 3 N–H and O–H groups in total. The molecular formula is C10H16BrN3. The summed E-state index contributed by atoms with van der Waals surface area (Å²) in [4.78, 5) is 4.27. The van der Waals surface area contributed by atoms with E-state index in [1.54, 1.807) is 0 Å². The summed E-state index contributed by atoms with van der Waals surface area (Å²) < 4.78 is 0.974. The van der Waals surface area contributed by atoms with Crippen LogP contribution in [0.15, 0.2) is 16.7 Å². The van der Waals surface area contributed by atoms with Gasteiger partial charge in [-0.05, 0) is 48.3 Å². The van der Waals surface area contributed by atoms with Crippen molar-refractivity contribution in [3.63, 3.8) is 0 Å². The number of anilines is 1. The van der Waals surface area contributed by atoms with Crippen molar-refractivity contribution in [3.8, 4) is 0 Å². The molecule has 3 nitrogen and oxygen atoms in total. The van der Waals surface area contributed by atoms with E-state index in [4.69, 9.17) is 5.73 Å². The van der Waals surface area contributed by atoms with Crippen LogP contribution in [0.1, 0.15) is 19.4 Å². The van der Waals surface area contributed by atoms with Crippen LogP contribution in [0, 0.1) is 6.92 Å². The molecule has 78 valence electrons. The molecule has 0 spiro atoms. The highest BCUT2D eigenvalue weighted by Crippen LogP contribution is 2.20. The Hall–Kier alpha value is -0.610. The number of aromatic nitrogens is 1. The molecule has 14 heavy (non-hydrogen) atoms. The maximum atomic E-state index is 5.86. The van der Waals surface area contributed by atoms with E-state index < -0.39 is 0 Å². The molecule has 0 aliphatic heterocycles. The maximum Gasteiger partial charge on any atom is 0.140 e. The Bertz CT molecular complexity index is 318. The van der Waals surface area contributed by atoms with Gasteiger partial charge in [0.1, 0.15) is 5.82 Å². The predicted molar refractivity (Wildman–Crippen MR) is 63.4 cm³/mol. The monoisotopic (exact) mass is 257 g/mol. The van der Waals surface area contributed by atoms with Crippen molar-refractivity contribution in [2.75, 3.05) is 11.9 Å². The topological polar surface area (TPSA) is 50.9 Å². The van der Waals surface area contributed by atoms with E-state index >= 15 is 0 Å². The maximum absolute atomic E-state index is 5.86. The summed E-state index contributed by atoms with van der Waals surface area (Å²) in [6.45, 7) is 6.65. The first kappa shape index (κ1) is 11.5. The number of hydrogen-bond acceptors (Lipinski definition) is 3. The van der Waals surface area contributed by atoms with Crippen LogP contribution in [0.4, 0.5) is 5.82 Å². The second-order valence-corrected chi connectivity index (χ2v) is 5.04. The molecule has 0 atom stereocenters. The minimum absolute atomic E-state index is 0.230. The Balaban J connectivity index is 2.68. The van der Waals surface area contributed by atoms with Crippen LogP contribution in [0.3, 0.4) is 0 Å². The van der Waals surface area contributed by atoms with Gasteiger partial charge >= 0.3 is 0 Å². The first-order valence-corrected chi connectivity index (χ1v) is 5.33. The lowest BCUT2D eigenvalue weighted by atomic mass is 10.1. The first-order valence-electron chi connectivity index (χ1n) is 4.53. The molecule has 0 saturated carbocycles. The summed E-state index contributed by atoms with van der Waals surface area (Å²) in [7, 11) is 0. The third-order valence-corrected chi connectivity index (χ3v) is 2.29. The summed E-state index contributed by atoms with van der Waals surface area (Å²) in [5.74, 6) is 0.842. The van der Waals surface area contributed by atoms with Crippen LogP contribution in [0.25, 0.3) is 0 Å². The van der Waals surface area contributed by atoms with E-state index in [1.165, 1.54) is 0 Å². The molecule has 0 radical (unpaired) electrons. The Labute approximate surface area is 93.2 Å². The van der Waals surface area contributed by atoms with E-state index in [1.807, 2.05) is 33.0 Å². The minimum atomic E-state index is -0.230. The number of halogens is 1. The quantitative estimate of drug-likeness (QED) is 0.874. The highest BCUT2D eigenvalue weighted by molar-refractivity contribution is 9.10. The van der Waals surface area contributed by atoms with Gasteiger partial charge in [0.25, 0.3) is 0 Å². The van der Waals surface area contributed by atoms with Gasteiger partial charge in [-0.1, -0.05) is 0 Å². The first-order chi connectivity index (χ1) is 6.38. The molecule has 1 rings (SSSR count). The van der Waals surface area contributed by atoms with Gasteiger partial charge in [-0.3, -0.25) is 0 Å². The lowest BCUT2D eigenvalue weighted by molar-refractivity contribution is 0.548. The smallest absolute Gasteiger partial charge is 0.140 e. The highest BCUT2D eigenvalue weighted by Gasteiger charge is 2.11. The van der Waals surface area contributed by atoms with Crippen molar-refractivity contribution in [3.05, 3.63) is 22.3 Å². The van der Waals surface area contributed by atoms with Crippen LogP contribution < -0.4 is 11.1 Å². The number of hydrogen-bond donors (Lipinski definition) is 2. The van der Waals surface area contributed by atoms with Gasteiger partial charge in [0.2, 0.25) is 0 Å². The van der Waals surface area contributed by atoms with Crippen LogP contribution in [-0.4, -0.2) is 17.1 Å². The molecule has 0 unspecified atom stereocenters. The summed E-state index contributed by atoms with van der Waals surface area (Å²) >= 11 is 3.45. The van der Waals surface area contributed by atoms with Gasteiger partial charge < -0.3 is 11.1 Å². The zero-order chi connectivity index (χ0) is 10.8. The number of rotatable bonds is 3. The fourth-order valence-electron chi connectivity index (χ4n) is 0.975. The van der Waals surface area contributed by atoms with Crippen molar-refractivity contribution in [2.24, 2.45) is 5.73 Å². The minimum Gasteiger partial charge on any atom is -0.367 e. The molecule has 1 heterocycles. The third-order valence-electron chi connectivity index (χ3n) is 1.69. The standard InChI is InChI=1S/C10H16BrN3/c1-7-4-8(11)9(13-5-7)14-6-10(2,3)12/h4-5H,6,12H2,1-3H3,(H,13,14). The van der Waals surface area contributed by atoms with Gasteiger partial charge in [0.15, 0.2) is 0 Å². The number of nitrogens with one attached hydrogen (secondary N) is 1. The molecule has 0 aromatic carbocycles. The van der Waals surface area contributed by atoms with Crippen LogP contribution in [-0.2, 0) is 0 Å². The molecule has 0 bridgehead atoms. The normalized spacial score (nSPS) is 11.5. The number of nitrogens with zero attached hydrogens (tertiary/aromatic N) is 1. The van der Waals surface area contributed by atoms with Crippen molar-refractivity contribution in [1.82, 2.24) is 4.98 Å². The van der Waals surface area contributed by atoms with Gasteiger partial charge in [-0.2, -0.15) is 0 Å². The summed E-state index contributed by atoms with van der Waals surface area (Å²) in [6.07, 6.45) is 1.83. The Morgan fingerprint density at radius 3 is 2.71 bits per heavy atom. The lowest BCUT2D eigenvalue weighted by Crippen LogP contribution is -2.39. The Morgan fingerprint density at radius 2 is 2.21 bits per heavy atom. The second-order valence-electron chi connectivity index (χ2n) is 4.19. The van der Waals surface area contributed by atoms with Crippen molar-refractivity contribution < 1.29 is 0 Å². The van der Waals surface area contributed by atoms with Crippen LogP contribution in [0.2, 0.25) is 0 Å². The van der Waals surface area contributed by atoms with Crippen molar-refractivity contribution in [1.29, 1.82) is 0 Å². The molecule has 0 aliphatic carbocycles. The van der Waals surface area contributed by atoms with E-state index in [-0.39, 0.29) is 5.54 Å². The molecule has 1 aromatic heterocycles. The van der Waals surface area contributed by atoms with Gasteiger partial charge in [-0.15, -0.1) is 0 Å². The second kappa shape index (κ2) is 4.28. The van der Waals surface area contributed by atoms with E-state index in [9.17, 15) is 0 Å². The predicted octanol–water partition coefficient (Wildman–Crippen LogP) is 2.30. The zero-order valence-corrected chi connectivity index (χ0v) is 10.4. The van der Waals surface area contributed by atoms with Gasteiger partial charge in [0.05, 0.1) is 4.47 Å². The highest BCUT2D eigenvalue weighted by atomic mass is 79.9. The van der Waals surface area contributed by atoms with Crippen molar-refractivity contribution >= 4 is 21.7 Å². The number of aryl methyl sites for hydroxylation is 1. The molecule has 0 aliphatic rings. The van der Waals surface area contributed by atoms with E-state index in [2.05, 4.69) is 26.2 Å². The molecule has 0 amide bonds. The Kier molecular flexibility index (Phi) is 3.50. The van der Waals surface area contributed by atoms with E-state index in [0.29, 0.717) is 6.54 Å². The third kappa shape index (κ3) is 3.64. The van der Waals surface area contributed by atoms with Crippen LogP contribution in [0.5, 0.6) is 0 Å². The molecular weight excluding hydrogens is 242 g/mol. The largest absolute Gasteiger partial charge is 0.367 e. The fourth-order valence-corrected chi connectivity index (χ4v) is 1.58.